The lowest BCUT2D eigenvalue weighted by molar-refractivity contribution is -0.0244. The summed E-state index contributed by atoms with van der Waals surface area (Å²) in [6.07, 6.45) is 5.16. The molecule has 0 aliphatic heterocycles. The lowest BCUT2D eigenvalue weighted by atomic mass is 10.2. The van der Waals surface area contributed by atoms with E-state index in [0.717, 1.165) is 18.4 Å². The molecule has 0 heterocycles. The first kappa shape index (κ1) is 11.7. The standard InChI is InChI=1S/C12H16ClNO2/c13-11-7-9(5-6-12(11)15)8-14-16-10-3-1-2-4-10/h5-7,10,14-15H,1-4,8H2. The fourth-order valence-corrected chi connectivity index (χ4v) is 2.11. The van der Waals surface area contributed by atoms with Gasteiger partial charge < -0.3 is 5.11 Å². The molecule has 1 aromatic rings. The van der Waals surface area contributed by atoms with Crippen molar-refractivity contribution in [2.75, 3.05) is 0 Å². The van der Waals surface area contributed by atoms with E-state index in [1.54, 1.807) is 12.1 Å². The van der Waals surface area contributed by atoms with Gasteiger partial charge in [-0.05, 0) is 30.5 Å². The average molecular weight is 242 g/mol. The summed E-state index contributed by atoms with van der Waals surface area (Å²) in [5.74, 6) is 0.113. The number of nitrogens with one attached hydrogen (secondary N) is 1. The molecule has 4 heteroatoms. The zero-order chi connectivity index (χ0) is 11.4. The van der Waals surface area contributed by atoms with Gasteiger partial charge in [0.2, 0.25) is 0 Å². The average Bonchev–Trinajstić information content (AvgIpc) is 2.76. The summed E-state index contributed by atoms with van der Waals surface area (Å²) in [6, 6.07) is 5.16. The van der Waals surface area contributed by atoms with Gasteiger partial charge in [-0.15, -0.1) is 0 Å². The Morgan fingerprint density at radius 1 is 1.38 bits per heavy atom. The van der Waals surface area contributed by atoms with E-state index in [4.69, 9.17) is 16.4 Å². The molecule has 0 unspecified atom stereocenters. The summed E-state index contributed by atoms with van der Waals surface area (Å²) in [7, 11) is 0. The zero-order valence-corrected chi connectivity index (χ0v) is 9.83. The van der Waals surface area contributed by atoms with Crippen molar-refractivity contribution in [3.8, 4) is 5.75 Å². The van der Waals surface area contributed by atoms with Gasteiger partial charge in [0.1, 0.15) is 5.75 Å². The highest BCUT2D eigenvalue weighted by molar-refractivity contribution is 6.32. The highest BCUT2D eigenvalue weighted by atomic mass is 35.5. The molecule has 1 aromatic carbocycles. The summed E-state index contributed by atoms with van der Waals surface area (Å²) >= 11 is 5.80. The van der Waals surface area contributed by atoms with Gasteiger partial charge in [0.05, 0.1) is 11.1 Å². The van der Waals surface area contributed by atoms with Crippen LogP contribution in [0.3, 0.4) is 0 Å². The second kappa shape index (κ2) is 5.53. The third-order valence-corrected chi connectivity index (χ3v) is 3.14. The van der Waals surface area contributed by atoms with Crippen molar-refractivity contribution in [3.05, 3.63) is 28.8 Å². The molecule has 0 amide bonds. The van der Waals surface area contributed by atoms with Crippen LogP contribution in [-0.4, -0.2) is 11.2 Å². The Morgan fingerprint density at radius 2 is 2.12 bits per heavy atom. The van der Waals surface area contributed by atoms with Crippen molar-refractivity contribution in [1.29, 1.82) is 0 Å². The highest BCUT2D eigenvalue weighted by Crippen LogP contribution is 2.24. The molecule has 0 saturated heterocycles. The van der Waals surface area contributed by atoms with Crippen LogP contribution < -0.4 is 5.48 Å². The van der Waals surface area contributed by atoms with Crippen molar-refractivity contribution in [1.82, 2.24) is 5.48 Å². The fourth-order valence-electron chi connectivity index (χ4n) is 1.91. The summed E-state index contributed by atoms with van der Waals surface area (Å²) in [6.45, 7) is 0.608. The topological polar surface area (TPSA) is 41.5 Å². The van der Waals surface area contributed by atoms with E-state index >= 15 is 0 Å². The summed E-state index contributed by atoms with van der Waals surface area (Å²) < 4.78 is 0. The third-order valence-electron chi connectivity index (χ3n) is 2.84. The minimum Gasteiger partial charge on any atom is -0.506 e. The van der Waals surface area contributed by atoms with Gasteiger partial charge in [-0.3, -0.25) is 4.84 Å². The lowest BCUT2D eigenvalue weighted by Crippen LogP contribution is -2.21. The molecule has 0 radical (unpaired) electrons. The minimum absolute atomic E-state index is 0.113. The van der Waals surface area contributed by atoms with E-state index in [2.05, 4.69) is 5.48 Å². The Bertz CT molecular complexity index is 351. The number of phenolic OH excluding ortho intramolecular Hbond substituents is 1. The van der Waals surface area contributed by atoms with Gasteiger partial charge in [-0.25, -0.2) is 0 Å². The number of hydroxylamine groups is 1. The largest absolute Gasteiger partial charge is 0.506 e. The van der Waals surface area contributed by atoms with E-state index in [9.17, 15) is 5.11 Å². The van der Waals surface area contributed by atoms with Crippen LogP contribution in [0.5, 0.6) is 5.75 Å². The molecular weight excluding hydrogens is 226 g/mol. The molecule has 2 rings (SSSR count). The minimum atomic E-state index is 0.113. The fraction of sp³-hybridized carbons (Fsp3) is 0.500. The Hall–Kier alpha value is -0.770. The van der Waals surface area contributed by atoms with Gasteiger partial charge in [0.25, 0.3) is 0 Å². The molecule has 16 heavy (non-hydrogen) atoms. The Morgan fingerprint density at radius 3 is 2.81 bits per heavy atom. The highest BCUT2D eigenvalue weighted by Gasteiger charge is 2.15. The summed E-state index contributed by atoms with van der Waals surface area (Å²) in [4.78, 5) is 5.52. The van der Waals surface area contributed by atoms with E-state index in [1.807, 2.05) is 6.07 Å². The van der Waals surface area contributed by atoms with Crippen LogP contribution in [0.1, 0.15) is 31.2 Å². The first-order chi connectivity index (χ1) is 7.75. The normalized spacial score (nSPS) is 16.8. The van der Waals surface area contributed by atoms with Crippen molar-refractivity contribution < 1.29 is 9.94 Å². The Balaban J connectivity index is 1.78. The maximum Gasteiger partial charge on any atom is 0.134 e. The molecule has 1 aliphatic rings. The number of benzene rings is 1. The number of hydrogen-bond donors (Lipinski definition) is 2. The molecule has 0 bridgehead atoms. The van der Waals surface area contributed by atoms with Crippen LogP contribution in [0, 0.1) is 0 Å². The third kappa shape index (κ3) is 3.11. The summed E-state index contributed by atoms with van der Waals surface area (Å²) in [5, 5.41) is 9.63. The quantitative estimate of drug-likeness (QED) is 0.797. The van der Waals surface area contributed by atoms with Crippen molar-refractivity contribution in [2.45, 2.75) is 38.3 Å². The van der Waals surface area contributed by atoms with E-state index < -0.39 is 0 Å². The predicted octanol–water partition coefficient (Wildman–Crippen LogP) is 3.01. The van der Waals surface area contributed by atoms with Gasteiger partial charge in [0, 0.05) is 6.54 Å². The maximum atomic E-state index is 9.26. The first-order valence-electron chi connectivity index (χ1n) is 5.61. The van der Waals surface area contributed by atoms with Gasteiger partial charge in [0.15, 0.2) is 0 Å². The lowest BCUT2D eigenvalue weighted by Gasteiger charge is -2.11. The van der Waals surface area contributed by atoms with E-state index in [0.29, 0.717) is 17.7 Å². The number of hydrogen-bond acceptors (Lipinski definition) is 3. The second-order valence-corrected chi connectivity index (χ2v) is 4.54. The summed E-state index contributed by atoms with van der Waals surface area (Å²) in [5.41, 5.74) is 3.95. The molecule has 0 atom stereocenters. The van der Waals surface area contributed by atoms with E-state index in [1.165, 1.54) is 12.8 Å². The van der Waals surface area contributed by atoms with E-state index in [-0.39, 0.29) is 5.75 Å². The van der Waals surface area contributed by atoms with Crippen LogP contribution in [0.15, 0.2) is 18.2 Å². The van der Waals surface area contributed by atoms with Gasteiger partial charge in [-0.2, -0.15) is 5.48 Å². The SMILES string of the molecule is Oc1ccc(CNOC2CCCC2)cc1Cl. The number of rotatable bonds is 4. The monoisotopic (exact) mass is 241 g/mol. The van der Waals surface area contributed by atoms with Crippen LogP contribution in [0.4, 0.5) is 0 Å². The van der Waals surface area contributed by atoms with Gasteiger partial charge >= 0.3 is 0 Å². The number of halogens is 1. The molecule has 3 nitrogen and oxygen atoms in total. The zero-order valence-electron chi connectivity index (χ0n) is 9.08. The second-order valence-electron chi connectivity index (χ2n) is 4.13. The predicted molar refractivity (Wildman–Crippen MR) is 63.3 cm³/mol. The maximum absolute atomic E-state index is 9.26. The molecule has 0 aromatic heterocycles. The Labute approximate surface area is 100 Å². The van der Waals surface area contributed by atoms with Crippen LogP contribution >= 0.6 is 11.6 Å². The Kier molecular flexibility index (Phi) is 4.04. The smallest absolute Gasteiger partial charge is 0.134 e. The molecule has 88 valence electrons. The first-order valence-corrected chi connectivity index (χ1v) is 5.99. The van der Waals surface area contributed by atoms with Crippen LogP contribution in [0.25, 0.3) is 0 Å². The van der Waals surface area contributed by atoms with Crippen molar-refractivity contribution in [2.24, 2.45) is 0 Å². The molecule has 1 fully saturated rings. The van der Waals surface area contributed by atoms with Gasteiger partial charge in [-0.1, -0.05) is 30.5 Å². The molecule has 2 N–H and O–H groups in total. The van der Waals surface area contributed by atoms with Crippen molar-refractivity contribution in [3.63, 3.8) is 0 Å². The number of phenols is 1. The van der Waals surface area contributed by atoms with Crippen LogP contribution in [0.2, 0.25) is 5.02 Å². The molecule has 0 spiro atoms. The van der Waals surface area contributed by atoms with Crippen LogP contribution in [-0.2, 0) is 11.4 Å². The number of aromatic hydroxyl groups is 1. The van der Waals surface area contributed by atoms with Crippen molar-refractivity contribution >= 4 is 11.6 Å². The molecule has 1 aliphatic carbocycles. The molecule has 1 saturated carbocycles. The molecular formula is C12H16ClNO2.